The summed E-state index contributed by atoms with van der Waals surface area (Å²) in [6, 6.07) is 2.54. The summed E-state index contributed by atoms with van der Waals surface area (Å²) in [5.41, 5.74) is 5.73. The molecule has 9 nitrogen and oxygen atoms in total. The summed E-state index contributed by atoms with van der Waals surface area (Å²) in [5.74, 6) is -0.579. The van der Waals surface area contributed by atoms with Gasteiger partial charge in [-0.15, -0.1) is 0 Å². The first-order chi connectivity index (χ1) is 16.5. The third kappa shape index (κ3) is 3.39. The second-order valence-electron chi connectivity index (χ2n) is 10.8. The number of phenolic OH excluding ortho intramolecular Hbond substituents is 1. The normalized spacial score (nSPS) is 32.3. The van der Waals surface area contributed by atoms with Gasteiger partial charge in [0.1, 0.15) is 11.8 Å². The van der Waals surface area contributed by atoms with E-state index in [2.05, 4.69) is 4.90 Å². The number of hydrogen-bond acceptors (Lipinski definition) is 9. The fourth-order valence-corrected chi connectivity index (χ4v) is 6.55. The SMILES string of the molecule is CC(C)C[C@H](N)C(=O)O[C@@H](C)C(=O)OC1=CC[C@@]2(O)[C@@H]3Cc4ccc(O)c5c4[C@@]2(CCN3C)[C@H]1O5. The minimum Gasteiger partial charge on any atom is -0.504 e. The molecule has 190 valence electrons. The third-order valence-corrected chi connectivity index (χ3v) is 8.22. The maximum Gasteiger partial charge on any atom is 0.352 e. The van der Waals surface area contributed by atoms with Crippen molar-refractivity contribution in [1.82, 2.24) is 4.90 Å². The van der Waals surface area contributed by atoms with E-state index in [0.29, 0.717) is 25.0 Å². The number of nitrogens with two attached hydrogens (primary N) is 1. The highest BCUT2D eigenvalue weighted by Gasteiger charge is 2.72. The molecule has 35 heavy (non-hydrogen) atoms. The number of carbonyl (C=O) groups excluding carboxylic acids is 2. The quantitative estimate of drug-likeness (QED) is 0.512. The van der Waals surface area contributed by atoms with Crippen LogP contribution in [0.2, 0.25) is 0 Å². The number of piperidine rings is 1. The summed E-state index contributed by atoms with van der Waals surface area (Å²) < 4.78 is 17.3. The Hall–Kier alpha value is -2.62. The average molecular weight is 487 g/mol. The lowest BCUT2D eigenvalue weighted by Crippen LogP contribution is -2.74. The number of likely N-dealkylation sites (N-methyl/N-ethyl adjacent to an activating group) is 1. The topological polar surface area (TPSA) is 132 Å². The minimum absolute atomic E-state index is 0.000585. The average Bonchev–Trinajstić information content (AvgIpc) is 3.15. The molecule has 0 amide bonds. The summed E-state index contributed by atoms with van der Waals surface area (Å²) in [6.07, 6.45) is 1.68. The van der Waals surface area contributed by atoms with Gasteiger partial charge in [-0.1, -0.05) is 19.9 Å². The highest BCUT2D eigenvalue weighted by Crippen LogP contribution is 2.65. The van der Waals surface area contributed by atoms with Crippen LogP contribution in [0.4, 0.5) is 0 Å². The van der Waals surface area contributed by atoms with Gasteiger partial charge in [-0.25, -0.2) is 4.79 Å². The Morgan fingerprint density at radius 2 is 2.03 bits per heavy atom. The molecule has 1 saturated heterocycles. The Morgan fingerprint density at radius 3 is 2.74 bits per heavy atom. The van der Waals surface area contributed by atoms with Gasteiger partial charge in [0, 0.05) is 18.0 Å². The molecule has 5 rings (SSSR count). The van der Waals surface area contributed by atoms with E-state index in [1.807, 2.05) is 27.0 Å². The van der Waals surface area contributed by atoms with E-state index >= 15 is 0 Å². The van der Waals surface area contributed by atoms with Crippen LogP contribution < -0.4 is 10.5 Å². The molecule has 2 heterocycles. The van der Waals surface area contributed by atoms with Crippen molar-refractivity contribution in [3.05, 3.63) is 35.1 Å². The smallest absolute Gasteiger partial charge is 0.352 e. The van der Waals surface area contributed by atoms with Gasteiger partial charge in [-0.3, -0.25) is 4.79 Å². The van der Waals surface area contributed by atoms with Crippen LogP contribution in [0.1, 0.15) is 51.2 Å². The molecule has 2 aliphatic carbocycles. The molecule has 0 radical (unpaired) electrons. The molecule has 0 saturated carbocycles. The zero-order chi connectivity index (χ0) is 25.3. The number of likely N-dealkylation sites (tertiary alicyclic amines) is 1. The monoisotopic (exact) mass is 486 g/mol. The number of benzene rings is 1. The molecule has 6 atom stereocenters. The van der Waals surface area contributed by atoms with E-state index in [1.54, 1.807) is 12.1 Å². The Labute approximate surface area is 204 Å². The largest absolute Gasteiger partial charge is 0.504 e. The number of aromatic hydroxyl groups is 1. The van der Waals surface area contributed by atoms with E-state index in [9.17, 15) is 19.8 Å². The van der Waals surface area contributed by atoms with Gasteiger partial charge in [0.05, 0.1) is 11.0 Å². The Kier molecular flexibility index (Phi) is 5.65. The van der Waals surface area contributed by atoms with Gasteiger partial charge < -0.3 is 35.1 Å². The maximum atomic E-state index is 12.9. The first-order valence-electron chi connectivity index (χ1n) is 12.3. The van der Waals surface area contributed by atoms with Crippen LogP contribution in [0.5, 0.6) is 11.5 Å². The van der Waals surface area contributed by atoms with Crippen molar-refractivity contribution in [2.45, 2.75) is 81.8 Å². The molecular weight excluding hydrogens is 452 g/mol. The number of phenols is 1. The lowest BCUT2D eigenvalue weighted by molar-refractivity contribution is -0.175. The summed E-state index contributed by atoms with van der Waals surface area (Å²) in [5, 5.41) is 22.7. The fraction of sp³-hybridized carbons (Fsp3) is 0.615. The van der Waals surface area contributed by atoms with E-state index in [0.717, 1.165) is 17.7 Å². The Bertz CT molecular complexity index is 1100. The van der Waals surface area contributed by atoms with E-state index in [1.165, 1.54) is 6.92 Å². The van der Waals surface area contributed by atoms with Crippen LogP contribution in [-0.2, 0) is 30.9 Å². The van der Waals surface area contributed by atoms with Crippen LogP contribution in [0.3, 0.4) is 0 Å². The van der Waals surface area contributed by atoms with E-state index in [-0.39, 0.29) is 29.9 Å². The first-order valence-corrected chi connectivity index (χ1v) is 12.3. The van der Waals surface area contributed by atoms with Crippen LogP contribution in [0, 0.1) is 5.92 Å². The van der Waals surface area contributed by atoms with Crippen molar-refractivity contribution >= 4 is 11.9 Å². The van der Waals surface area contributed by atoms with Crippen LogP contribution in [0.15, 0.2) is 24.0 Å². The lowest BCUT2D eigenvalue weighted by atomic mass is 9.50. The first kappa shape index (κ1) is 24.1. The van der Waals surface area contributed by atoms with Gasteiger partial charge in [0.15, 0.2) is 23.7 Å². The number of aliphatic hydroxyl groups is 1. The van der Waals surface area contributed by atoms with Gasteiger partial charge >= 0.3 is 11.9 Å². The molecule has 9 heteroatoms. The second-order valence-corrected chi connectivity index (χ2v) is 10.8. The molecule has 4 N–H and O–H groups in total. The fourth-order valence-electron chi connectivity index (χ4n) is 6.55. The number of ether oxygens (including phenoxy) is 3. The summed E-state index contributed by atoms with van der Waals surface area (Å²) in [6.45, 7) is 6.07. The third-order valence-electron chi connectivity index (χ3n) is 8.22. The standard InChI is InChI=1S/C26H34N2O7/c1-13(2)11-16(27)24(31)33-14(3)23(30)34-18-7-8-26(32)19-12-15-5-6-17(29)21-20(15)25(26,22(18)35-21)9-10-28(19)4/h5-7,13-14,16,19,22,29,32H,8-12,27H2,1-4H3/t14-,16-,19-,22-,25-,26+/m0/s1. The van der Waals surface area contributed by atoms with Crippen molar-refractivity contribution in [2.24, 2.45) is 11.7 Å². The zero-order valence-corrected chi connectivity index (χ0v) is 20.6. The predicted octanol–water partition coefficient (Wildman–Crippen LogP) is 1.52. The highest BCUT2D eigenvalue weighted by atomic mass is 16.6. The number of carbonyl (C=O) groups is 2. The lowest BCUT2D eigenvalue weighted by Gasteiger charge is -2.61. The molecule has 1 aromatic carbocycles. The molecule has 1 spiro atoms. The summed E-state index contributed by atoms with van der Waals surface area (Å²) in [4.78, 5) is 27.4. The predicted molar refractivity (Wildman–Crippen MR) is 126 cm³/mol. The minimum atomic E-state index is -1.16. The van der Waals surface area contributed by atoms with Gasteiger partial charge in [-0.2, -0.15) is 0 Å². The van der Waals surface area contributed by atoms with Gasteiger partial charge in [0.25, 0.3) is 0 Å². The van der Waals surface area contributed by atoms with E-state index < -0.39 is 41.2 Å². The number of esters is 2. The maximum absolute atomic E-state index is 12.9. The highest BCUT2D eigenvalue weighted by molar-refractivity contribution is 5.82. The molecule has 0 aromatic heterocycles. The molecule has 1 aromatic rings. The Balaban J connectivity index is 1.43. The number of nitrogens with zero attached hydrogens (tertiary/aromatic N) is 1. The van der Waals surface area contributed by atoms with Crippen LogP contribution in [-0.4, -0.2) is 70.5 Å². The molecule has 1 fully saturated rings. The molecule has 2 aliphatic heterocycles. The Morgan fingerprint density at radius 1 is 1.29 bits per heavy atom. The van der Waals surface area contributed by atoms with Crippen molar-refractivity contribution in [3.8, 4) is 11.5 Å². The summed E-state index contributed by atoms with van der Waals surface area (Å²) in [7, 11) is 2.01. The van der Waals surface area contributed by atoms with Crippen molar-refractivity contribution < 1.29 is 34.0 Å². The van der Waals surface area contributed by atoms with Crippen LogP contribution in [0.25, 0.3) is 0 Å². The van der Waals surface area contributed by atoms with Crippen molar-refractivity contribution in [1.29, 1.82) is 0 Å². The van der Waals surface area contributed by atoms with Crippen molar-refractivity contribution in [2.75, 3.05) is 13.6 Å². The molecule has 4 aliphatic rings. The van der Waals surface area contributed by atoms with Gasteiger partial charge in [0.2, 0.25) is 0 Å². The second kappa shape index (κ2) is 8.21. The molecule has 2 bridgehead atoms. The van der Waals surface area contributed by atoms with Gasteiger partial charge in [-0.05, 0) is 63.4 Å². The van der Waals surface area contributed by atoms with Crippen LogP contribution >= 0.6 is 0 Å². The van der Waals surface area contributed by atoms with Crippen molar-refractivity contribution in [3.63, 3.8) is 0 Å². The van der Waals surface area contributed by atoms with E-state index in [4.69, 9.17) is 19.9 Å². The summed E-state index contributed by atoms with van der Waals surface area (Å²) >= 11 is 0. The number of rotatable bonds is 6. The zero-order valence-electron chi connectivity index (χ0n) is 20.6. The number of hydrogen-bond donors (Lipinski definition) is 3. The molecular formula is C26H34N2O7. The molecule has 0 unspecified atom stereocenters.